The molecule has 0 aliphatic heterocycles. The van der Waals surface area contributed by atoms with Crippen LogP contribution in [0.2, 0.25) is 0 Å². The van der Waals surface area contributed by atoms with E-state index in [0.717, 1.165) is 0 Å². The van der Waals surface area contributed by atoms with Crippen LogP contribution in [0.3, 0.4) is 0 Å². The fourth-order valence-corrected chi connectivity index (χ4v) is 0.923. The molecule has 0 saturated carbocycles. The first-order chi connectivity index (χ1) is 6.40. The van der Waals surface area contributed by atoms with E-state index < -0.39 is 12.0 Å². The lowest BCUT2D eigenvalue weighted by atomic mass is 10.0. The maximum atomic E-state index is 11.4. The summed E-state index contributed by atoms with van der Waals surface area (Å²) in [5, 5.41) is 14.0. The van der Waals surface area contributed by atoms with E-state index in [1.165, 1.54) is 0 Å². The maximum Gasteiger partial charge on any atom is 0.326 e. The van der Waals surface area contributed by atoms with Gasteiger partial charge in [0.05, 0.1) is 6.04 Å². The molecular formula is C9H18N2O3. The standard InChI is InChI=1S/C9H18N2O3/c1-5(2)7(9(13)14)11-8(12)6(3)10-4/h5-7,10H,1-4H3,(H,11,12)(H,13,14). The van der Waals surface area contributed by atoms with Crippen LogP contribution in [0, 0.1) is 5.92 Å². The predicted molar refractivity (Wildman–Crippen MR) is 52.9 cm³/mol. The highest BCUT2D eigenvalue weighted by Crippen LogP contribution is 2.01. The zero-order valence-corrected chi connectivity index (χ0v) is 9.00. The van der Waals surface area contributed by atoms with E-state index in [4.69, 9.17) is 5.11 Å². The zero-order valence-electron chi connectivity index (χ0n) is 9.00. The van der Waals surface area contributed by atoms with Gasteiger partial charge < -0.3 is 15.7 Å². The summed E-state index contributed by atoms with van der Waals surface area (Å²) in [5.74, 6) is -1.43. The molecule has 2 atom stereocenters. The predicted octanol–water partition coefficient (Wildman–Crippen LogP) is -0.180. The van der Waals surface area contributed by atoms with E-state index >= 15 is 0 Å². The molecule has 0 fully saturated rings. The lowest BCUT2D eigenvalue weighted by Crippen LogP contribution is -2.50. The van der Waals surface area contributed by atoms with Gasteiger partial charge in [-0.2, -0.15) is 0 Å². The molecular weight excluding hydrogens is 184 g/mol. The fraction of sp³-hybridized carbons (Fsp3) is 0.778. The smallest absolute Gasteiger partial charge is 0.326 e. The number of hydrogen-bond acceptors (Lipinski definition) is 3. The summed E-state index contributed by atoms with van der Waals surface area (Å²) >= 11 is 0. The van der Waals surface area contributed by atoms with E-state index in [1.54, 1.807) is 27.8 Å². The third kappa shape index (κ3) is 3.74. The zero-order chi connectivity index (χ0) is 11.3. The fourth-order valence-electron chi connectivity index (χ4n) is 0.923. The molecule has 3 N–H and O–H groups in total. The normalized spacial score (nSPS) is 14.9. The average Bonchev–Trinajstić information content (AvgIpc) is 2.11. The minimum atomic E-state index is -1.00. The number of aliphatic carboxylic acids is 1. The second-order valence-electron chi connectivity index (χ2n) is 3.58. The molecule has 5 heteroatoms. The second-order valence-corrected chi connectivity index (χ2v) is 3.58. The van der Waals surface area contributed by atoms with E-state index in [1.807, 2.05) is 0 Å². The maximum absolute atomic E-state index is 11.4. The molecule has 2 unspecified atom stereocenters. The van der Waals surface area contributed by atoms with E-state index in [9.17, 15) is 9.59 Å². The minimum Gasteiger partial charge on any atom is -0.480 e. The Morgan fingerprint density at radius 1 is 1.21 bits per heavy atom. The van der Waals surface area contributed by atoms with Gasteiger partial charge in [-0.15, -0.1) is 0 Å². The molecule has 0 rings (SSSR count). The SMILES string of the molecule is CNC(C)C(=O)NC(C(=O)O)C(C)C. The molecule has 0 saturated heterocycles. The molecule has 0 aromatic carbocycles. The summed E-state index contributed by atoms with van der Waals surface area (Å²) in [7, 11) is 1.65. The molecule has 82 valence electrons. The van der Waals surface area contributed by atoms with Crippen LogP contribution in [-0.4, -0.2) is 36.1 Å². The van der Waals surface area contributed by atoms with Crippen LogP contribution in [0.25, 0.3) is 0 Å². The number of amides is 1. The summed E-state index contributed by atoms with van der Waals surface area (Å²) < 4.78 is 0. The van der Waals surface area contributed by atoms with Crippen molar-refractivity contribution in [2.24, 2.45) is 5.92 Å². The summed E-state index contributed by atoms with van der Waals surface area (Å²) in [5.41, 5.74) is 0. The first-order valence-corrected chi connectivity index (χ1v) is 4.60. The number of carbonyl (C=O) groups excluding carboxylic acids is 1. The van der Waals surface area contributed by atoms with Crippen molar-refractivity contribution < 1.29 is 14.7 Å². The van der Waals surface area contributed by atoms with Crippen LogP contribution in [0.15, 0.2) is 0 Å². The summed E-state index contributed by atoms with van der Waals surface area (Å²) in [6.07, 6.45) is 0. The van der Waals surface area contributed by atoms with Crippen LogP contribution in [0.5, 0.6) is 0 Å². The molecule has 0 bridgehead atoms. The van der Waals surface area contributed by atoms with Gasteiger partial charge in [0.1, 0.15) is 6.04 Å². The van der Waals surface area contributed by atoms with Gasteiger partial charge in [0.15, 0.2) is 0 Å². The van der Waals surface area contributed by atoms with Gasteiger partial charge in [-0.1, -0.05) is 13.8 Å². The quantitative estimate of drug-likeness (QED) is 0.578. The van der Waals surface area contributed by atoms with Crippen molar-refractivity contribution >= 4 is 11.9 Å². The molecule has 0 aromatic rings. The number of nitrogens with one attached hydrogen (secondary N) is 2. The van der Waals surface area contributed by atoms with E-state index in [2.05, 4.69) is 10.6 Å². The van der Waals surface area contributed by atoms with E-state index in [-0.39, 0.29) is 17.9 Å². The molecule has 0 aliphatic carbocycles. The van der Waals surface area contributed by atoms with Crippen LogP contribution >= 0.6 is 0 Å². The summed E-state index contributed by atoms with van der Waals surface area (Å²) in [6, 6.07) is -1.20. The highest BCUT2D eigenvalue weighted by atomic mass is 16.4. The highest BCUT2D eigenvalue weighted by Gasteiger charge is 2.24. The van der Waals surface area contributed by atoms with Gasteiger partial charge in [0.25, 0.3) is 0 Å². The molecule has 0 aromatic heterocycles. The van der Waals surface area contributed by atoms with Gasteiger partial charge in [-0.25, -0.2) is 4.79 Å². The second kappa shape index (κ2) is 5.59. The van der Waals surface area contributed by atoms with Gasteiger partial charge in [0, 0.05) is 0 Å². The molecule has 5 nitrogen and oxygen atoms in total. The van der Waals surface area contributed by atoms with Gasteiger partial charge >= 0.3 is 5.97 Å². The first-order valence-electron chi connectivity index (χ1n) is 4.60. The molecule has 0 radical (unpaired) electrons. The number of hydrogen-bond donors (Lipinski definition) is 3. The van der Waals surface area contributed by atoms with Crippen molar-refractivity contribution in [1.29, 1.82) is 0 Å². The number of carbonyl (C=O) groups is 2. The average molecular weight is 202 g/mol. The minimum absolute atomic E-state index is 0.125. The Morgan fingerprint density at radius 3 is 2.00 bits per heavy atom. The van der Waals surface area contributed by atoms with Crippen molar-refractivity contribution in [2.75, 3.05) is 7.05 Å². The van der Waals surface area contributed by atoms with Crippen molar-refractivity contribution in [3.63, 3.8) is 0 Å². The Hall–Kier alpha value is -1.10. The van der Waals surface area contributed by atoms with Crippen LogP contribution < -0.4 is 10.6 Å². The molecule has 0 heterocycles. The summed E-state index contributed by atoms with van der Waals surface area (Å²) in [4.78, 5) is 22.1. The molecule has 0 aliphatic rings. The summed E-state index contributed by atoms with van der Waals surface area (Å²) in [6.45, 7) is 5.18. The van der Waals surface area contributed by atoms with E-state index in [0.29, 0.717) is 0 Å². The Labute approximate surface area is 83.9 Å². The Balaban J connectivity index is 4.31. The van der Waals surface area contributed by atoms with Crippen LogP contribution in [0.1, 0.15) is 20.8 Å². The van der Waals surface area contributed by atoms with Crippen molar-refractivity contribution in [1.82, 2.24) is 10.6 Å². The highest BCUT2D eigenvalue weighted by molar-refractivity contribution is 5.86. The first kappa shape index (κ1) is 12.9. The molecule has 14 heavy (non-hydrogen) atoms. The third-order valence-corrected chi connectivity index (χ3v) is 2.06. The lowest BCUT2D eigenvalue weighted by molar-refractivity contribution is -0.143. The Kier molecular flexibility index (Phi) is 5.15. The topological polar surface area (TPSA) is 78.4 Å². The Bertz CT molecular complexity index is 216. The van der Waals surface area contributed by atoms with Crippen LogP contribution in [0.4, 0.5) is 0 Å². The largest absolute Gasteiger partial charge is 0.480 e. The Morgan fingerprint density at radius 2 is 1.71 bits per heavy atom. The lowest BCUT2D eigenvalue weighted by Gasteiger charge is -2.20. The van der Waals surface area contributed by atoms with Crippen LogP contribution in [-0.2, 0) is 9.59 Å². The number of carboxylic acids is 1. The molecule has 1 amide bonds. The number of rotatable bonds is 5. The van der Waals surface area contributed by atoms with Gasteiger partial charge in [-0.3, -0.25) is 4.79 Å². The monoisotopic (exact) mass is 202 g/mol. The van der Waals surface area contributed by atoms with Gasteiger partial charge in [-0.05, 0) is 19.9 Å². The third-order valence-electron chi connectivity index (χ3n) is 2.06. The van der Waals surface area contributed by atoms with Crippen molar-refractivity contribution in [3.05, 3.63) is 0 Å². The van der Waals surface area contributed by atoms with Crippen molar-refractivity contribution in [3.8, 4) is 0 Å². The van der Waals surface area contributed by atoms with Gasteiger partial charge in [0.2, 0.25) is 5.91 Å². The number of likely N-dealkylation sites (N-methyl/N-ethyl adjacent to an activating group) is 1. The molecule has 0 spiro atoms. The van der Waals surface area contributed by atoms with Crippen molar-refractivity contribution in [2.45, 2.75) is 32.9 Å². The number of carboxylic acid groups (broad SMARTS) is 1.